The van der Waals surface area contributed by atoms with E-state index in [1.807, 2.05) is 0 Å². The molecule has 0 aliphatic heterocycles. The summed E-state index contributed by atoms with van der Waals surface area (Å²) in [5.41, 5.74) is 5.38. The van der Waals surface area contributed by atoms with Crippen molar-refractivity contribution in [2.45, 2.75) is 10.2 Å². The molecular weight excluding hydrogens is 242 g/mol. The van der Waals surface area contributed by atoms with E-state index in [1.54, 1.807) is 18.5 Å². The normalized spacial score (nSPS) is 10.1. The zero-order chi connectivity index (χ0) is 12.3. The molecule has 7 nitrogen and oxygen atoms in total. The maximum atomic E-state index is 10.8. The van der Waals surface area contributed by atoms with Crippen LogP contribution in [0, 0.1) is 10.1 Å². The number of aromatic nitrogens is 3. The van der Waals surface area contributed by atoms with Gasteiger partial charge in [-0.3, -0.25) is 10.1 Å². The predicted octanol–water partition coefficient (Wildman–Crippen LogP) is 1.51. The smallest absolute Gasteiger partial charge is 0.301 e. The van der Waals surface area contributed by atoms with Gasteiger partial charge in [0.1, 0.15) is 5.82 Å². The molecule has 0 saturated heterocycles. The van der Waals surface area contributed by atoms with Crippen LogP contribution in [0.25, 0.3) is 0 Å². The van der Waals surface area contributed by atoms with Crippen LogP contribution in [0.15, 0.2) is 40.8 Å². The number of pyridine rings is 1. The fourth-order valence-electron chi connectivity index (χ4n) is 1.09. The Hall–Kier alpha value is -2.22. The van der Waals surface area contributed by atoms with Gasteiger partial charge >= 0.3 is 5.69 Å². The summed E-state index contributed by atoms with van der Waals surface area (Å²) in [5.74, 6) is 0.217. The summed E-state index contributed by atoms with van der Waals surface area (Å²) in [4.78, 5) is 22.1. The molecule has 0 aliphatic carbocycles. The average Bonchev–Trinajstić information content (AvgIpc) is 2.30. The second-order valence-corrected chi connectivity index (χ2v) is 3.91. The molecule has 2 N–H and O–H groups in total. The lowest BCUT2D eigenvalue weighted by atomic mass is 10.4. The van der Waals surface area contributed by atoms with E-state index in [0.717, 1.165) is 11.8 Å². The lowest BCUT2D eigenvalue weighted by Crippen LogP contribution is -1.97. The highest BCUT2D eigenvalue weighted by atomic mass is 32.2. The molecule has 2 aromatic heterocycles. The van der Waals surface area contributed by atoms with E-state index >= 15 is 0 Å². The van der Waals surface area contributed by atoms with Gasteiger partial charge in [-0.1, -0.05) is 0 Å². The van der Waals surface area contributed by atoms with Crippen molar-refractivity contribution in [3.63, 3.8) is 0 Å². The molecule has 0 saturated carbocycles. The van der Waals surface area contributed by atoms with E-state index < -0.39 is 4.92 Å². The summed E-state index contributed by atoms with van der Waals surface area (Å²) in [6, 6.07) is 4.35. The molecule has 0 bridgehead atoms. The summed E-state index contributed by atoms with van der Waals surface area (Å²) in [7, 11) is 0. The van der Waals surface area contributed by atoms with Crippen LogP contribution >= 0.6 is 11.8 Å². The van der Waals surface area contributed by atoms with Gasteiger partial charge in [0, 0.05) is 18.5 Å². The van der Waals surface area contributed by atoms with Crippen molar-refractivity contribution in [3.8, 4) is 0 Å². The molecular formula is C9H7N5O2S. The van der Waals surface area contributed by atoms with Gasteiger partial charge in [-0.25, -0.2) is 15.0 Å². The molecule has 0 radical (unpaired) electrons. The zero-order valence-electron chi connectivity index (χ0n) is 8.48. The number of nitrogen functional groups attached to an aromatic ring is 1. The molecule has 2 heterocycles. The Bertz CT molecular complexity index is 548. The monoisotopic (exact) mass is 249 g/mol. The molecule has 86 valence electrons. The molecule has 17 heavy (non-hydrogen) atoms. The van der Waals surface area contributed by atoms with Gasteiger partial charge in [-0.15, -0.1) is 0 Å². The highest BCUT2D eigenvalue weighted by molar-refractivity contribution is 7.99. The summed E-state index contributed by atoms with van der Waals surface area (Å²) in [6.07, 6.45) is 3.10. The number of anilines is 1. The van der Waals surface area contributed by atoms with Crippen LogP contribution in [0.3, 0.4) is 0 Å². The molecule has 2 aromatic rings. The van der Waals surface area contributed by atoms with E-state index in [0.29, 0.717) is 5.16 Å². The van der Waals surface area contributed by atoms with Crippen molar-refractivity contribution < 1.29 is 4.92 Å². The first-order valence-electron chi connectivity index (χ1n) is 4.52. The Morgan fingerprint density at radius 3 is 2.65 bits per heavy atom. The number of hydrogen-bond donors (Lipinski definition) is 1. The van der Waals surface area contributed by atoms with Crippen molar-refractivity contribution >= 4 is 23.3 Å². The van der Waals surface area contributed by atoms with Gasteiger partial charge in [-0.05, 0) is 23.9 Å². The fraction of sp³-hybridized carbons (Fsp3) is 0. The number of rotatable bonds is 3. The Kier molecular flexibility index (Phi) is 3.15. The quantitative estimate of drug-likeness (QED) is 0.499. The van der Waals surface area contributed by atoms with Gasteiger partial charge in [0.25, 0.3) is 0 Å². The maximum absolute atomic E-state index is 10.8. The van der Waals surface area contributed by atoms with Crippen molar-refractivity contribution in [1.82, 2.24) is 15.0 Å². The summed E-state index contributed by atoms with van der Waals surface area (Å²) in [5, 5.41) is 11.4. The predicted molar refractivity (Wildman–Crippen MR) is 61.5 cm³/mol. The Morgan fingerprint density at radius 2 is 2.00 bits per heavy atom. The molecule has 0 unspecified atom stereocenters. The minimum absolute atomic E-state index is 0.114. The highest BCUT2D eigenvalue weighted by Crippen LogP contribution is 2.31. The van der Waals surface area contributed by atoms with Crippen molar-refractivity contribution in [1.29, 1.82) is 0 Å². The third kappa shape index (κ3) is 2.67. The van der Waals surface area contributed by atoms with Crippen molar-refractivity contribution in [2.24, 2.45) is 0 Å². The molecule has 0 spiro atoms. The van der Waals surface area contributed by atoms with E-state index in [9.17, 15) is 10.1 Å². The SMILES string of the molecule is Nc1ccc([N+](=O)[O-])c(Sc2ncccn2)n1. The first-order chi connectivity index (χ1) is 8.16. The van der Waals surface area contributed by atoms with E-state index in [4.69, 9.17) is 5.73 Å². The number of nitrogens with zero attached hydrogens (tertiary/aromatic N) is 4. The molecule has 0 atom stereocenters. The second kappa shape index (κ2) is 4.74. The molecule has 0 amide bonds. The first-order valence-corrected chi connectivity index (χ1v) is 5.34. The van der Waals surface area contributed by atoms with Crippen LogP contribution in [-0.2, 0) is 0 Å². The summed E-state index contributed by atoms with van der Waals surface area (Å²) >= 11 is 1.00. The van der Waals surface area contributed by atoms with E-state index in [-0.39, 0.29) is 16.5 Å². The minimum atomic E-state index is -0.516. The second-order valence-electron chi connectivity index (χ2n) is 2.95. The maximum Gasteiger partial charge on any atom is 0.301 e. The minimum Gasteiger partial charge on any atom is -0.384 e. The van der Waals surface area contributed by atoms with Crippen LogP contribution in [0.5, 0.6) is 0 Å². The van der Waals surface area contributed by atoms with Crippen LogP contribution in [0.2, 0.25) is 0 Å². The van der Waals surface area contributed by atoms with Crippen molar-refractivity contribution in [2.75, 3.05) is 5.73 Å². The largest absolute Gasteiger partial charge is 0.384 e. The highest BCUT2D eigenvalue weighted by Gasteiger charge is 2.17. The van der Waals surface area contributed by atoms with Gasteiger partial charge in [0.15, 0.2) is 10.2 Å². The first kappa shape index (κ1) is 11.3. The fourth-order valence-corrected chi connectivity index (χ4v) is 1.88. The third-order valence-electron chi connectivity index (χ3n) is 1.79. The Labute approximate surface area is 100 Å². The zero-order valence-corrected chi connectivity index (χ0v) is 9.29. The molecule has 0 aromatic carbocycles. The van der Waals surface area contributed by atoms with Crippen LogP contribution < -0.4 is 5.73 Å². The Morgan fingerprint density at radius 1 is 1.29 bits per heavy atom. The van der Waals surface area contributed by atoms with Crippen LogP contribution in [0.1, 0.15) is 0 Å². The molecule has 8 heteroatoms. The lowest BCUT2D eigenvalue weighted by Gasteiger charge is -2.01. The molecule has 0 fully saturated rings. The van der Waals surface area contributed by atoms with Gasteiger partial charge < -0.3 is 5.73 Å². The number of nitro groups is 1. The number of nitrogens with two attached hydrogens (primary N) is 1. The van der Waals surface area contributed by atoms with Gasteiger partial charge in [-0.2, -0.15) is 0 Å². The van der Waals surface area contributed by atoms with Crippen LogP contribution in [0.4, 0.5) is 11.5 Å². The van der Waals surface area contributed by atoms with Gasteiger partial charge in [0.2, 0.25) is 0 Å². The van der Waals surface area contributed by atoms with Crippen LogP contribution in [-0.4, -0.2) is 19.9 Å². The Balaban J connectivity index is 2.37. The third-order valence-corrected chi connectivity index (χ3v) is 2.68. The lowest BCUT2D eigenvalue weighted by molar-refractivity contribution is -0.388. The summed E-state index contributed by atoms with van der Waals surface area (Å²) in [6.45, 7) is 0. The van der Waals surface area contributed by atoms with Crippen molar-refractivity contribution in [3.05, 3.63) is 40.7 Å². The van der Waals surface area contributed by atoms with E-state index in [2.05, 4.69) is 15.0 Å². The average molecular weight is 249 g/mol. The molecule has 0 aliphatic rings. The topological polar surface area (TPSA) is 108 Å². The standard InChI is InChI=1S/C9H7N5O2S/c10-7-3-2-6(14(15)16)8(13-7)17-9-11-4-1-5-12-9/h1-5H,(H2,10,13). The number of hydrogen-bond acceptors (Lipinski definition) is 7. The molecule has 2 rings (SSSR count). The summed E-state index contributed by atoms with van der Waals surface area (Å²) < 4.78 is 0. The van der Waals surface area contributed by atoms with E-state index in [1.165, 1.54) is 12.1 Å². The van der Waals surface area contributed by atoms with Gasteiger partial charge in [0.05, 0.1) is 4.92 Å².